The first-order chi connectivity index (χ1) is 10.5. The smallest absolute Gasteiger partial charge is 0.220 e. The van der Waals surface area contributed by atoms with E-state index in [0.29, 0.717) is 17.1 Å². The minimum Gasteiger partial charge on any atom is -0.356 e. The van der Waals surface area contributed by atoms with Gasteiger partial charge in [0, 0.05) is 30.0 Å². The van der Waals surface area contributed by atoms with Gasteiger partial charge in [-0.1, -0.05) is 18.5 Å². The van der Waals surface area contributed by atoms with E-state index < -0.39 is 0 Å². The molecule has 0 saturated carbocycles. The van der Waals surface area contributed by atoms with E-state index in [4.69, 9.17) is 11.6 Å². The van der Waals surface area contributed by atoms with Crippen molar-refractivity contribution in [2.45, 2.75) is 32.6 Å². The van der Waals surface area contributed by atoms with Gasteiger partial charge in [-0.25, -0.2) is 0 Å². The van der Waals surface area contributed by atoms with Gasteiger partial charge in [0.05, 0.1) is 0 Å². The van der Waals surface area contributed by atoms with E-state index in [1.807, 2.05) is 0 Å². The summed E-state index contributed by atoms with van der Waals surface area (Å²) in [4.78, 5) is 23.9. The van der Waals surface area contributed by atoms with Gasteiger partial charge in [0.15, 0.2) is 5.78 Å². The summed E-state index contributed by atoms with van der Waals surface area (Å²) in [7, 11) is 0. The summed E-state index contributed by atoms with van der Waals surface area (Å²) < 4.78 is 0. The topological polar surface area (TPSA) is 58.2 Å². The molecule has 22 heavy (non-hydrogen) atoms. The molecule has 0 aliphatic carbocycles. The fourth-order valence-corrected chi connectivity index (χ4v) is 2.74. The third kappa shape index (κ3) is 5.11. The van der Waals surface area contributed by atoms with Crippen LogP contribution in [0.5, 0.6) is 0 Å². The van der Waals surface area contributed by atoms with Crippen molar-refractivity contribution in [2.75, 3.05) is 19.6 Å². The number of ketones is 1. The third-order valence-corrected chi connectivity index (χ3v) is 4.52. The first-order valence-corrected chi connectivity index (χ1v) is 8.12. The molecule has 120 valence electrons. The Hall–Kier alpha value is -1.39. The lowest BCUT2D eigenvalue weighted by molar-refractivity contribution is -0.121. The molecule has 1 amide bonds. The first kappa shape index (κ1) is 17.0. The van der Waals surface area contributed by atoms with Crippen LogP contribution in [0.3, 0.4) is 0 Å². The van der Waals surface area contributed by atoms with Crippen molar-refractivity contribution in [2.24, 2.45) is 5.41 Å². The predicted octanol–water partition coefficient (Wildman–Crippen LogP) is 2.81. The van der Waals surface area contributed by atoms with E-state index >= 15 is 0 Å². The lowest BCUT2D eigenvalue weighted by Crippen LogP contribution is -2.42. The average molecular weight is 323 g/mol. The van der Waals surface area contributed by atoms with Crippen molar-refractivity contribution < 1.29 is 9.59 Å². The van der Waals surface area contributed by atoms with Crippen molar-refractivity contribution in [1.82, 2.24) is 10.6 Å². The number of hydrogen-bond acceptors (Lipinski definition) is 3. The second kappa shape index (κ2) is 7.75. The molecule has 5 heteroatoms. The fourth-order valence-electron chi connectivity index (χ4n) is 2.61. The van der Waals surface area contributed by atoms with Gasteiger partial charge in [-0.3, -0.25) is 9.59 Å². The minimum absolute atomic E-state index is 0.0279. The molecule has 1 saturated heterocycles. The highest BCUT2D eigenvalue weighted by Crippen LogP contribution is 2.26. The molecular formula is C17H23ClN2O2. The standard InChI is InChI=1S/C17H23ClN2O2/c1-17(8-10-19-11-9-17)12-20-16(22)7-6-15(21)13-2-4-14(18)5-3-13/h2-5,19H,6-12H2,1H3,(H,20,22). The minimum atomic E-state index is -0.0536. The molecule has 1 heterocycles. The van der Waals surface area contributed by atoms with Crippen LogP contribution >= 0.6 is 11.6 Å². The molecule has 1 aliphatic rings. The molecule has 1 aromatic rings. The molecule has 0 unspecified atom stereocenters. The lowest BCUT2D eigenvalue weighted by atomic mass is 9.81. The Morgan fingerprint density at radius 1 is 1.18 bits per heavy atom. The molecule has 0 aromatic heterocycles. The van der Waals surface area contributed by atoms with Crippen LogP contribution in [-0.2, 0) is 4.79 Å². The zero-order valence-corrected chi connectivity index (χ0v) is 13.7. The Morgan fingerprint density at radius 3 is 2.45 bits per heavy atom. The number of Topliss-reactive ketones (excluding diaryl/α,β-unsaturated/α-hetero) is 1. The second-order valence-electron chi connectivity index (χ2n) is 6.27. The van der Waals surface area contributed by atoms with Crippen molar-refractivity contribution in [3.63, 3.8) is 0 Å². The number of nitrogens with one attached hydrogen (secondary N) is 2. The highest BCUT2D eigenvalue weighted by Gasteiger charge is 2.26. The first-order valence-electron chi connectivity index (χ1n) is 7.75. The number of benzene rings is 1. The van der Waals surface area contributed by atoms with Gasteiger partial charge in [-0.05, 0) is 55.6 Å². The van der Waals surface area contributed by atoms with E-state index in [-0.39, 0.29) is 29.9 Å². The van der Waals surface area contributed by atoms with Crippen LogP contribution in [0.15, 0.2) is 24.3 Å². The van der Waals surface area contributed by atoms with Gasteiger partial charge in [0.25, 0.3) is 0 Å². The van der Waals surface area contributed by atoms with Crippen molar-refractivity contribution in [1.29, 1.82) is 0 Å². The fraction of sp³-hybridized carbons (Fsp3) is 0.529. The van der Waals surface area contributed by atoms with Crippen molar-refractivity contribution >= 4 is 23.3 Å². The molecule has 0 bridgehead atoms. The maximum Gasteiger partial charge on any atom is 0.220 e. The highest BCUT2D eigenvalue weighted by atomic mass is 35.5. The summed E-state index contributed by atoms with van der Waals surface area (Å²) in [5, 5.41) is 6.89. The molecule has 1 fully saturated rings. The largest absolute Gasteiger partial charge is 0.356 e. The van der Waals surface area contributed by atoms with Gasteiger partial charge in [0.1, 0.15) is 0 Å². The number of carbonyl (C=O) groups excluding carboxylic acids is 2. The van der Waals surface area contributed by atoms with E-state index in [9.17, 15) is 9.59 Å². The SMILES string of the molecule is CC1(CNC(=O)CCC(=O)c2ccc(Cl)cc2)CCNCC1. The van der Waals surface area contributed by atoms with E-state index in [0.717, 1.165) is 25.9 Å². The second-order valence-corrected chi connectivity index (χ2v) is 6.70. The van der Waals surface area contributed by atoms with Crippen LogP contribution in [0.4, 0.5) is 0 Å². The van der Waals surface area contributed by atoms with E-state index in [1.165, 1.54) is 0 Å². The van der Waals surface area contributed by atoms with Gasteiger partial charge in [0.2, 0.25) is 5.91 Å². The maximum absolute atomic E-state index is 12.0. The highest BCUT2D eigenvalue weighted by molar-refractivity contribution is 6.30. The zero-order chi connectivity index (χ0) is 16.0. The van der Waals surface area contributed by atoms with Gasteiger partial charge in [-0.2, -0.15) is 0 Å². The lowest BCUT2D eigenvalue weighted by Gasteiger charge is -2.34. The monoisotopic (exact) mass is 322 g/mol. The molecule has 0 spiro atoms. The van der Waals surface area contributed by atoms with Crippen molar-refractivity contribution in [3.8, 4) is 0 Å². The molecule has 4 nitrogen and oxygen atoms in total. The molecule has 1 aromatic carbocycles. The summed E-state index contributed by atoms with van der Waals surface area (Å²) in [5.41, 5.74) is 0.767. The normalized spacial score (nSPS) is 17.0. The molecule has 0 radical (unpaired) electrons. The number of rotatable bonds is 6. The summed E-state index contributed by atoms with van der Waals surface area (Å²) in [6, 6.07) is 6.76. The van der Waals surface area contributed by atoms with Crippen LogP contribution in [0.25, 0.3) is 0 Å². The van der Waals surface area contributed by atoms with Crippen LogP contribution in [0.1, 0.15) is 43.0 Å². The molecule has 2 N–H and O–H groups in total. The molecule has 0 atom stereocenters. The van der Waals surface area contributed by atoms with Gasteiger partial charge >= 0.3 is 0 Å². The summed E-state index contributed by atoms with van der Waals surface area (Å²) in [6.45, 7) is 4.89. The van der Waals surface area contributed by atoms with E-state index in [1.54, 1.807) is 24.3 Å². The van der Waals surface area contributed by atoms with Gasteiger partial charge < -0.3 is 10.6 Å². The number of amides is 1. The predicted molar refractivity (Wildman–Crippen MR) is 88.2 cm³/mol. The Labute approximate surface area is 136 Å². The third-order valence-electron chi connectivity index (χ3n) is 4.27. The Morgan fingerprint density at radius 2 is 1.82 bits per heavy atom. The number of halogens is 1. The Bertz CT molecular complexity index is 522. The summed E-state index contributed by atoms with van der Waals surface area (Å²) in [6.07, 6.45) is 2.59. The number of carbonyl (C=O) groups is 2. The number of piperidine rings is 1. The van der Waals surface area contributed by atoms with Crippen LogP contribution in [0, 0.1) is 5.41 Å². The van der Waals surface area contributed by atoms with Gasteiger partial charge in [-0.15, -0.1) is 0 Å². The summed E-state index contributed by atoms with van der Waals surface area (Å²) in [5.74, 6) is -0.0815. The Balaban J connectivity index is 1.73. The van der Waals surface area contributed by atoms with Crippen LogP contribution in [0.2, 0.25) is 5.02 Å². The Kier molecular flexibility index (Phi) is 5.98. The molecule has 2 rings (SSSR count). The maximum atomic E-state index is 12.0. The summed E-state index contributed by atoms with van der Waals surface area (Å²) >= 11 is 5.79. The average Bonchev–Trinajstić information content (AvgIpc) is 2.52. The van der Waals surface area contributed by atoms with Crippen molar-refractivity contribution in [3.05, 3.63) is 34.9 Å². The van der Waals surface area contributed by atoms with E-state index in [2.05, 4.69) is 17.6 Å². The van der Waals surface area contributed by atoms with Crippen LogP contribution in [-0.4, -0.2) is 31.3 Å². The molecular weight excluding hydrogens is 300 g/mol. The molecule has 1 aliphatic heterocycles. The van der Waals surface area contributed by atoms with Crippen LogP contribution < -0.4 is 10.6 Å². The quantitative estimate of drug-likeness (QED) is 0.792. The number of hydrogen-bond donors (Lipinski definition) is 2. The zero-order valence-electron chi connectivity index (χ0n) is 13.0.